The van der Waals surface area contributed by atoms with Gasteiger partial charge in [0.25, 0.3) is 5.56 Å². The van der Waals surface area contributed by atoms with Crippen LogP contribution < -0.4 is 10.3 Å². The SMILES string of the molecule is CC(C)CCOc1cccn(CC(C)C#N)c1=O. The second-order valence-corrected chi connectivity index (χ2v) is 4.89. The van der Waals surface area contributed by atoms with E-state index >= 15 is 0 Å². The van der Waals surface area contributed by atoms with Gasteiger partial charge in [-0.15, -0.1) is 0 Å². The van der Waals surface area contributed by atoms with Gasteiger partial charge in [0.1, 0.15) is 0 Å². The highest BCUT2D eigenvalue weighted by Crippen LogP contribution is 2.06. The summed E-state index contributed by atoms with van der Waals surface area (Å²) in [4.78, 5) is 12.0. The summed E-state index contributed by atoms with van der Waals surface area (Å²) in [5, 5.41) is 8.76. The monoisotopic (exact) mass is 248 g/mol. The average Bonchev–Trinajstić information content (AvgIpc) is 2.33. The van der Waals surface area contributed by atoms with E-state index in [0.29, 0.717) is 24.8 Å². The van der Waals surface area contributed by atoms with E-state index in [1.807, 2.05) is 0 Å². The van der Waals surface area contributed by atoms with Crippen molar-refractivity contribution in [3.8, 4) is 11.8 Å². The molecule has 4 nitrogen and oxygen atoms in total. The zero-order valence-electron chi connectivity index (χ0n) is 11.2. The van der Waals surface area contributed by atoms with Crippen molar-refractivity contribution in [1.29, 1.82) is 5.26 Å². The number of nitrogens with zero attached hydrogens (tertiary/aromatic N) is 2. The number of aromatic nitrogens is 1. The fourth-order valence-corrected chi connectivity index (χ4v) is 1.51. The molecule has 0 radical (unpaired) electrons. The molecule has 1 atom stereocenters. The number of nitriles is 1. The van der Waals surface area contributed by atoms with Gasteiger partial charge in [0.2, 0.25) is 0 Å². The molecule has 4 heteroatoms. The topological polar surface area (TPSA) is 55.0 Å². The van der Waals surface area contributed by atoms with Crippen molar-refractivity contribution in [2.45, 2.75) is 33.7 Å². The first-order valence-electron chi connectivity index (χ1n) is 6.26. The molecule has 1 rings (SSSR count). The highest BCUT2D eigenvalue weighted by molar-refractivity contribution is 5.17. The quantitative estimate of drug-likeness (QED) is 0.777. The lowest BCUT2D eigenvalue weighted by Gasteiger charge is -2.11. The van der Waals surface area contributed by atoms with Gasteiger partial charge in [-0.25, -0.2) is 0 Å². The molecular weight excluding hydrogens is 228 g/mol. The molecule has 0 saturated carbocycles. The van der Waals surface area contributed by atoms with Gasteiger partial charge in [-0.2, -0.15) is 5.26 Å². The molecule has 1 unspecified atom stereocenters. The van der Waals surface area contributed by atoms with Crippen LogP contribution in [0, 0.1) is 23.2 Å². The van der Waals surface area contributed by atoms with Crippen molar-refractivity contribution < 1.29 is 4.74 Å². The molecule has 0 bridgehead atoms. The Labute approximate surface area is 108 Å². The summed E-state index contributed by atoms with van der Waals surface area (Å²) in [7, 11) is 0. The minimum atomic E-state index is -0.186. The minimum absolute atomic E-state index is 0.164. The highest BCUT2D eigenvalue weighted by Gasteiger charge is 2.07. The molecule has 0 amide bonds. The fourth-order valence-electron chi connectivity index (χ4n) is 1.51. The minimum Gasteiger partial charge on any atom is -0.488 e. The van der Waals surface area contributed by atoms with Gasteiger partial charge in [-0.3, -0.25) is 4.79 Å². The predicted molar refractivity (Wildman–Crippen MR) is 70.4 cm³/mol. The van der Waals surface area contributed by atoms with Crippen LogP contribution in [-0.4, -0.2) is 11.2 Å². The Morgan fingerprint density at radius 2 is 2.17 bits per heavy atom. The smallest absolute Gasteiger partial charge is 0.292 e. The van der Waals surface area contributed by atoms with Crippen molar-refractivity contribution in [2.75, 3.05) is 6.61 Å². The predicted octanol–water partition coefficient (Wildman–Crippen LogP) is 2.43. The van der Waals surface area contributed by atoms with Crippen LogP contribution >= 0.6 is 0 Å². The lowest BCUT2D eigenvalue weighted by molar-refractivity contribution is 0.283. The van der Waals surface area contributed by atoms with Crippen LogP contribution in [0.15, 0.2) is 23.1 Å². The molecule has 0 saturated heterocycles. The van der Waals surface area contributed by atoms with Crippen LogP contribution in [0.2, 0.25) is 0 Å². The van der Waals surface area contributed by atoms with Gasteiger partial charge in [0.05, 0.1) is 18.6 Å². The fraction of sp³-hybridized carbons (Fsp3) is 0.571. The first-order valence-corrected chi connectivity index (χ1v) is 6.26. The van der Waals surface area contributed by atoms with Crippen LogP contribution in [0.3, 0.4) is 0 Å². The summed E-state index contributed by atoms with van der Waals surface area (Å²) in [5.41, 5.74) is -0.164. The summed E-state index contributed by atoms with van der Waals surface area (Å²) in [6.07, 6.45) is 2.61. The maximum absolute atomic E-state index is 12.0. The molecule has 0 aromatic carbocycles. The number of ether oxygens (including phenoxy) is 1. The lowest BCUT2D eigenvalue weighted by atomic mass is 10.1. The standard InChI is InChI=1S/C14H20N2O2/c1-11(2)6-8-18-13-5-4-7-16(14(13)17)10-12(3)9-15/h4-5,7,11-12H,6,8,10H2,1-3H3. The van der Waals surface area contributed by atoms with Gasteiger partial charge in [-0.1, -0.05) is 13.8 Å². The second-order valence-electron chi connectivity index (χ2n) is 4.89. The van der Waals surface area contributed by atoms with E-state index in [4.69, 9.17) is 10.00 Å². The van der Waals surface area contributed by atoms with Crippen molar-refractivity contribution in [2.24, 2.45) is 11.8 Å². The van der Waals surface area contributed by atoms with E-state index in [-0.39, 0.29) is 11.5 Å². The molecule has 0 fully saturated rings. The molecule has 98 valence electrons. The van der Waals surface area contributed by atoms with E-state index < -0.39 is 0 Å². The van der Waals surface area contributed by atoms with Crippen molar-refractivity contribution in [3.05, 3.63) is 28.7 Å². The Kier molecular flexibility index (Phi) is 5.44. The molecule has 0 aliphatic rings. The Morgan fingerprint density at radius 1 is 1.44 bits per heavy atom. The van der Waals surface area contributed by atoms with Crippen LogP contribution in [0.25, 0.3) is 0 Å². The third kappa shape index (κ3) is 4.25. The number of hydrogen-bond acceptors (Lipinski definition) is 3. The molecule has 1 aromatic heterocycles. The summed E-state index contributed by atoms with van der Waals surface area (Å²) >= 11 is 0. The number of hydrogen-bond donors (Lipinski definition) is 0. The Morgan fingerprint density at radius 3 is 2.78 bits per heavy atom. The number of rotatable bonds is 6. The molecule has 0 aliphatic heterocycles. The van der Waals surface area contributed by atoms with Gasteiger partial charge < -0.3 is 9.30 Å². The zero-order chi connectivity index (χ0) is 13.5. The molecule has 1 aromatic rings. The Bertz CT molecular complexity index is 471. The summed E-state index contributed by atoms with van der Waals surface area (Å²) in [5.74, 6) is 0.728. The summed E-state index contributed by atoms with van der Waals surface area (Å²) in [6.45, 7) is 6.96. The first kappa shape index (κ1) is 14.3. The van der Waals surface area contributed by atoms with Crippen molar-refractivity contribution >= 4 is 0 Å². The molecule has 18 heavy (non-hydrogen) atoms. The summed E-state index contributed by atoms with van der Waals surface area (Å²) < 4.78 is 7.01. The van der Waals surface area contributed by atoms with Crippen LogP contribution in [-0.2, 0) is 6.54 Å². The lowest BCUT2D eigenvalue weighted by Crippen LogP contribution is -2.24. The normalized spacial score (nSPS) is 12.2. The Hall–Kier alpha value is -1.76. The molecule has 0 spiro atoms. The van der Waals surface area contributed by atoms with E-state index in [1.54, 1.807) is 25.3 Å². The van der Waals surface area contributed by atoms with E-state index in [9.17, 15) is 4.79 Å². The summed E-state index contributed by atoms with van der Waals surface area (Å²) in [6, 6.07) is 5.57. The molecule has 1 heterocycles. The molecular formula is C14H20N2O2. The maximum atomic E-state index is 12.0. The van der Waals surface area contributed by atoms with Gasteiger partial charge in [-0.05, 0) is 31.4 Å². The van der Waals surface area contributed by atoms with E-state index in [2.05, 4.69) is 19.9 Å². The molecule has 0 N–H and O–H groups in total. The third-order valence-electron chi connectivity index (χ3n) is 2.63. The zero-order valence-corrected chi connectivity index (χ0v) is 11.2. The highest BCUT2D eigenvalue weighted by atomic mass is 16.5. The van der Waals surface area contributed by atoms with E-state index in [1.165, 1.54) is 4.57 Å². The van der Waals surface area contributed by atoms with E-state index in [0.717, 1.165) is 6.42 Å². The number of pyridine rings is 1. The molecule has 0 aliphatic carbocycles. The largest absolute Gasteiger partial charge is 0.488 e. The van der Waals surface area contributed by atoms with Crippen molar-refractivity contribution in [3.63, 3.8) is 0 Å². The maximum Gasteiger partial charge on any atom is 0.292 e. The second kappa shape index (κ2) is 6.85. The van der Waals surface area contributed by atoms with Crippen molar-refractivity contribution in [1.82, 2.24) is 4.57 Å². The van der Waals surface area contributed by atoms with Gasteiger partial charge in [0.15, 0.2) is 5.75 Å². The van der Waals surface area contributed by atoms with Gasteiger partial charge in [0, 0.05) is 12.7 Å². The van der Waals surface area contributed by atoms with Crippen LogP contribution in [0.5, 0.6) is 5.75 Å². The van der Waals surface area contributed by atoms with Crippen LogP contribution in [0.1, 0.15) is 27.2 Å². The Balaban J connectivity index is 2.73. The first-order chi connectivity index (χ1) is 8.54. The average molecular weight is 248 g/mol. The van der Waals surface area contributed by atoms with Gasteiger partial charge >= 0.3 is 0 Å². The third-order valence-corrected chi connectivity index (χ3v) is 2.63. The van der Waals surface area contributed by atoms with Crippen LogP contribution in [0.4, 0.5) is 0 Å².